The zero-order valence-electron chi connectivity index (χ0n) is 12.2. The SMILES string of the molecule is CCN(Cc1cccc(C)c1)Cc1cccc(C=O)c1. The number of hydrogen-bond donors (Lipinski definition) is 0. The normalized spacial score (nSPS) is 10.8. The minimum absolute atomic E-state index is 0.745. The molecule has 0 aromatic heterocycles. The van der Waals surface area contributed by atoms with Gasteiger partial charge in [-0.1, -0.05) is 55.0 Å². The molecule has 0 atom stereocenters. The fourth-order valence-electron chi connectivity index (χ4n) is 2.37. The standard InChI is InChI=1S/C18H21NO/c1-3-19(12-16-7-4-6-15(2)10-16)13-17-8-5-9-18(11-17)14-20/h4-11,14H,3,12-13H2,1-2H3. The molecule has 2 nitrogen and oxygen atoms in total. The number of carbonyl (C=O) groups excluding carboxylic acids is 1. The molecule has 0 saturated carbocycles. The maximum absolute atomic E-state index is 10.8. The Kier molecular flexibility index (Phi) is 5.08. The van der Waals surface area contributed by atoms with Gasteiger partial charge in [0.15, 0.2) is 0 Å². The Morgan fingerprint density at radius 1 is 1.00 bits per heavy atom. The Bertz CT molecular complexity index is 577. The van der Waals surface area contributed by atoms with Gasteiger partial charge in [-0.25, -0.2) is 0 Å². The molecule has 0 aliphatic rings. The number of aldehydes is 1. The van der Waals surface area contributed by atoms with Gasteiger partial charge in [0.1, 0.15) is 6.29 Å². The second-order valence-electron chi connectivity index (χ2n) is 5.16. The van der Waals surface area contributed by atoms with Gasteiger partial charge >= 0.3 is 0 Å². The lowest BCUT2D eigenvalue weighted by atomic mass is 10.1. The highest BCUT2D eigenvalue weighted by molar-refractivity contribution is 5.74. The van der Waals surface area contributed by atoms with E-state index in [4.69, 9.17) is 0 Å². The summed E-state index contributed by atoms with van der Waals surface area (Å²) in [5.41, 5.74) is 4.55. The summed E-state index contributed by atoms with van der Waals surface area (Å²) in [6.45, 7) is 7.07. The van der Waals surface area contributed by atoms with Crippen LogP contribution in [-0.2, 0) is 13.1 Å². The van der Waals surface area contributed by atoms with E-state index in [1.165, 1.54) is 16.7 Å². The minimum Gasteiger partial charge on any atom is -0.298 e. The molecule has 2 heteroatoms. The van der Waals surface area contributed by atoms with Gasteiger partial charge in [0.2, 0.25) is 0 Å². The number of nitrogens with zero attached hydrogens (tertiary/aromatic N) is 1. The fraction of sp³-hybridized carbons (Fsp3) is 0.278. The van der Waals surface area contributed by atoms with E-state index in [0.717, 1.165) is 31.5 Å². The van der Waals surface area contributed by atoms with Crippen molar-refractivity contribution < 1.29 is 4.79 Å². The van der Waals surface area contributed by atoms with E-state index in [9.17, 15) is 4.79 Å². The third kappa shape index (κ3) is 4.04. The van der Waals surface area contributed by atoms with Crippen LogP contribution in [0.4, 0.5) is 0 Å². The van der Waals surface area contributed by atoms with Crippen LogP contribution in [0.25, 0.3) is 0 Å². The van der Waals surface area contributed by atoms with Crippen LogP contribution in [0.1, 0.15) is 34.0 Å². The predicted molar refractivity (Wildman–Crippen MR) is 82.8 cm³/mol. The number of benzene rings is 2. The highest BCUT2D eigenvalue weighted by Crippen LogP contribution is 2.12. The highest BCUT2D eigenvalue weighted by Gasteiger charge is 2.05. The maximum Gasteiger partial charge on any atom is 0.150 e. The van der Waals surface area contributed by atoms with E-state index < -0.39 is 0 Å². The lowest BCUT2D eigenvalue weighted by molar-refractivity contribution is 0.112. The first-order chi connectivity index (χ1) is 9.71. The molecule has 2 aromatic rings. The van der Waals surface area contributed by atoms with Crippen molar-refractivity contribution in [3.05, 3.63) is 70.8 Å². The van der Waals surface area contributed by atoms with E-state index >= 15 is 0 Å². The Morgan fingerprint density at radius 2 is 1.65 bits per heavy atom. The summed E-state index contributed by atoms with van der Waals surface area (Å²) < 4.78 is 0. The molecule has 0 N–H and O–H groups in total. The predicted octanol–water partition coefficient (Wildman–Crippen LogP) is 3.83. The average Bonchev–Trinajstić information content (AvgIpc) is 2.47. The molecule has 0 heterocycles. The summed E-state index contributed by atoms with van der Waals surface area (Å²) in [4.78, 5) is 13.2. The summed E-state index contributed by atoms with van der Waals surface area (Å²) >= 11 is 0. The van der Waals surface area contributed by atoms with Crippen LogP contribution in [0.2, 0.25) is 0 Å². The van der Waals surface area contributed by atoms with Crippen molar-refractivity contribution in [1.82, 2.24) is 4.90 Å². The van der Waals surface area contributed by atoms with Crippen LogP contribution in [0, 0.1) is 6.92 Å². The summed E-state index contributed by atoms with van der Waals surface area (Å²) in [5.74, 6) is 0. The van der Waals surface area contributed by atoms with E-state index in [0.29, 0.717) is 0 Å². The van der Waals surface area contributed by atoms with Crippen LogP contribution in [0.3, 0.4) is 0 Å². The molecule has 0 fully saturated rings. The van der Waals surface area contributed by atoms with Crippen molar-refractivity contribution in [2.45, 2.75) is 26.9 Å². The lowest BCUT2D eigenvalue weighted by Crippen LogP contribution is -2.22. The van der Waals surface area contributed by atoms with Crippen LogP contribution in [-0.4, -0.2) is 17.7 Å². The second-order valence-corrected chi connectivity index (χ2v) is 5.16. The molecular formula is C18H21NO. The molecule has 0 unspecified atom stereocenters. The lowest BCUT2D eigenvalue weighted by Gasteiger charge is -2.21. The van der Waals surface area contributed by atoms with Gasteiger partial charge in [0.05, 0.1) is 0 Å². The largest absolute Gasteiger partial charge is 0.298 e. The van der Waals surface area contributed by atoms with Crippen molar-refractivity contribution in [2.75, 3.05) is 6.54 Å². The minimum atomic E-state index is 0.745. The van der Waals surface area contributed by atoms with Gasteiger partial charge in [-0.15, -0.1) is 0 Å². The van der Waals surface area contributed by atoms with Crippen LogP contribution in [0.15, 0.2) is 48.5 Å². The molecule has 2 rings (SSSR count). The Labute approximate surface area is 121 Å². The maximum atomic E-state index is 10.8. The molecule has 0 aliphatic carbocycles. The number of rotatable bonds is 6. The monoisotopic (exact) mass is 267 g/mol. The molecule has 0 saturated heterocycles. The third-order valence-corrected chi connectivity index (χ3v) is 3.43. The Morgan fingerprint density at radius 3 is 2.25 bits per heavy atom. The quantitative estimate of drug-likeness (QED) is 0.741. The van der Waals surface area contributed by atoms with Crippen LogP contribution in [0.5, 0.6) is 0 Å². The van der Waals surface area contributed by atoms with Crippen molar-refractivity contribution >= 4 is 6.29 Å². The van der Waals surface area contributed by atoms with Crippen molar-refractivity contribution in [1.29, 1.82) is 0 Å². The van der Waals surface area contributed by atoms with Gasteiger partial charge in [-0.3, -0.25) is 9.69 Å². The molecule has 104 valence electrons. The second kappa shape index (κ2) is 7.01. The molecule has 0 bridgehead atoms. The van der Waals surface area contributed by atoms with Crippen molar-refractivity contribution in [3.63, 3.8) is 0 Å². The highest BCUT2D eigenvalue weighted by atomic mass is 16.1. The Balaban J connectivity index is 2.06. The van der Waals surface area contributed by atoms with Gasteiger partial charge in [0, 0.05) is 18.7 Å². The van der Waals surface area contributed by atoms with E-state index in [-0.39, 0.29) is 0 Å². The van der Waals surface area contributed by atoms with Crippen molar-refractivity contribution in [3.8, 4) is 0 Å². The number of carbonyl (C=O) groups is 1. The third-order valence-electron chi connectivity index (χ3n) is 3.43. The molecule has 0 radical (unpaired) electrons. The zero-order valence-corrected chi connectivity index (χ0v) is 12.2. The van der Waals surface area contributed by atoms with E-state index in [2.05, 4.69) is 49.1 Å². The molecule has 2 aromatic carbocycles. The smallest absolute Gasteiger partial charge is 0.150 e. The first-order valence-corrected chi connectivity index (χ1v) is 7.03. The topological polar surface area (TPSA) is 20.3 Å². The molecule has 0 aliphatic heterocycles. The fourth-order valence-corrected chi connectivity index (χ4v) is 2.37. The van der Waals surface area contributed by atoms with Gasteiger partial charge < -0.3 is 0 Å². The van der Waals surface area contributed by atoms with E-state index in [1.807, 2.05) is 18.2 Å². The first-order valence-electron chi connectivity index (χ1n) is 7.03. The molecule has 20 heavy (non-hydrogen) atoms. The summed E-state index contributed by atoms with van der Waals surface area (Å²) in [7, 11) is 0. The molecular weight excluding hydrogens is 246 g/mol. The molecule has 0 amide bonds. The Hall–Kier alpha value is -1.93. The van der Waals surface area contributed by atoms with Crippen LogP contribution >= 0.6 is 0 Å². The van der Waals surface area contributed by atoms with Gasteiger partial charge in [-0.05, 0) is 30.7 Å². The van der Waals surface area contributed by atoms with Crippen LogP contribution < -0.4 is 0 Å². The number of hydrogen-bond acceptors (Lipinski definition) is 2. The van der Waals surface area contributed by atoms with Gasteiger partial charge in [-0.2, -0.15) is 0 Å². The molecule has 0 spiro atoms. The first kappa shape index (κ1) is 14.5. The van der Waals surface area contributed by atoms with E-state index in [1.54, 1.807) is 0 Å². The average molecular weight is 267 g/mol. The van der Waals surface area contributed by atoms with Gasteiger partial charge in [0.25, 0.3) is 0 Å². The summed E-state index contributed by atoms with van der Waals surface area (Å²) in [6, 6.07) is 16.4. The summed E-state index contributed by atoms with van der Waals surface area (Å²) in [5, 5.41) is 0. The number of aryl methyl sites for hydroxylation is 1. The zero-order chi connectivity index (χ0) is 14.4. The summed E-state index contributed by atoms with van der Waals surface area (Å²) in [6.07, 6.45) is 0.903. The van der Waals surface area contributed by atoms with Crippen molar-refractivity contribution in [2.24, 2.45) is 0 Å².